The van der Waals surface area contributed by atoms with E-state index < -0.39 is 7.28 Å². The quantitative estimate of drug-likeness (QED) is 0.639. The van der Waals surface area contributed by atoms with Crippen molar-refractivity contribution in [2.24, 2.45) is 0 Å². The van der Waals surface area contributed by atoms with Crippen molar-refractivity contribution in [1.82, 2.24) is 0 Å². The van der Waals surface area contributed by atoms with Gasteiger partial charge in [0.1, 0.15) is 0 Å². The molecule has 3 N–H and O–H groups in total. The Morgan fingerprint density at radius 1 is 0.875 bits per heavy atom. The van der Waals surface area contributed by atoms with Gasteiger partial charge in [0, 0.05) is 0 Å². The van der Waals surface area contributed by atoms with E-state index in [-0.39, 0.29) is 24.5 Å². The normalized spacial score (nSPS) is 33.8. The minimum absolute atomic E-state index is 0.0362. The van der Waals surface area contributed by atoms with E-state index in [9.17, 15) is 14.7 Å². The van der Waals surface area contributed by atoms with Crippen LogP contribution >= 0.6 is 7.28 Å². The van der Waals surface area contributed by atoms with E-state index in [1.54, 1.807) is 0 Å². The van der Waals surface area contributed by atoms with Crippen molar-refractivity contribution in [2.75, 3.05) is 25.5 Å². The third-order valence-corrected chi connectivity index (χ3v) is 5.51. The van der Waals surface area contributed by atoms with E-state index >= 15 is 0 Å². The Labute approximate surface area is 95.6 Å². The molecule has 0 aliphatic carbocycles. The van der Waals surface area contributed by atoms with Crippen LogP contribution < -0.4 is 0 Å². The molecule has 0 aromatic carbocycles. The van der Waals surface area contributed by atoms with Gasteiger partial charge in [0.25, 0.3) is 0 Å². The van der Waals surface area contributed by atoms with Crippen LogP contribution in [0.3, 0.4) is 0 Å². The SMILES string of the molecule is OP(O)(O)(CC1CCCO1)CC1CCCO1. The van der Waals surface area contributed by atoms with Gasteiger partial charge < -0.3 is 0 Å². The molecule has 0 spiro atoms. The van der Waals surface area contributed by atoms with E-state index in [2.05, 4.69) is 0 Å². The molecule has 2 atom stereocenters. The molecular weight excluding hydrogens is 231 g/mol. The standard InChI is InChI=1S/C10H21O5P/c11-16(12,13,7-9-3-1-5-14-9)8-10-4-2-6-15-10/h9-13H,1-8H2. The van der Waals surface area contributed by atoms with Gasteiger partial charge in [-0.3, -0.25) is 0 Å². The molecule has 2 unspecified atom stereocenters. The van der Waals surface area contributed by atoms with Crippen LogP contribution in [0.1, 0.15) is 25.7 Å². The van der Waals surface area contributed by atoms with Gasteiger partial charge in [-0.1, -0.05) is 0 Å². The summed E-state index contributed by atoms with van der Waals surface area (Å²) < 4.78 is 10.7. The predicted molar refractivity (Wildman–Crippen MR) is 61.3 cm³/mol. The molecule has 2 heterocycles. The molecule has 96 valence electrons. The van der Waals surface area contributed by atoms with Gasteiger partial charge >= 0.3 is 94.9 Å². The molecule has 6 heteroatoms. The van der Waals surface area contributed by atoms with Crippen LogP contribution in [0, 0.1) is 0 Å². The Morgan fingerprint density at radius 2 is 1.31 bits per heavy atom. The Balaban J connectivity index is 1.90. The topological polar surface area (TPSA) is 79.2 Å². The number of hydrogen-bond donors (Lipinski definition) is 3. The second-order valence-corrected chi connectivity index (χ2v) is 8.39. The predicted octanol–water partition coefficient (Wildman–Crippen LogP) is 0.620. The number of ether oxygens (including phenoxy) is 2. The second kappa shape index (κ2) is 4.48. The molecule has 2 saturated heterocycles. The molecule has 0 aromatic rings. The first-order chi connectivity index (χ1) is 7.42. The molecule has 5 nitrogen and oxygen atoms in total. The zero-order valence-electron chi connectivity index (χ0n) is 9.42. The first-order valence-electron chi connectivity index (χ1n) is 5.91. The van der Waals surface area contributed by atoms with Crippen LogP contribution in [-0.2, 0) is 9.47 Å². The monoisotopic (exact) mass is 252 g/mol. The summed E-state index contributed by atoms with van der Waals surface area (Å²) in [6, 6.07) is 0. The number of hydrogen-bond acceptors (Lipinski definition) is 5. The van der Waals surface area contributed by atoms with Crippen molar-refractivity contribution < 1.29 is 24.2 Å². The Hall–Kier alpha value is 0.230. The molecule has 0 amide bonds. The zero-order chi connectivity index (χ0) is 11.7. The molecule has 0 radical (unpaired) electrons. The molecule has 2 aliphatic heterocycles. The fraction of sp³-hybridized carbons (Fsp3) is 1.00. The molecule has 0 bridgehead atoms. The van der Waals surface area contributed by atoms with Crippen molar-refractivity contribution in [1.29, 1.82) is 0 Å². The summed E-state index contributed by atoms with van der Waals surface area (Å²) in [6.45, 7) is 1.30. The van der Waals surface area contributed by atoms with E-state index in [4.69, 9.17) is 9.47 Å². The Kier molecular flexibility index (Phi) is 3.55. The van der Waals surface area contributed by atoms with Crippen LogP contribution in [0.2, 0.25) is 0 Å². The maximum absolute atomic E-state index is 9.98. The third kappa shape index (κ3) is 3.62. The van der Waals surface area contributed by atoms with Gasteiger partial charge in [-0.25, -0.2) is 0 Å². The molecule has 0 aromatic heterocycles. The van der Waals surface area contributed by atoms with Gasteiger partial charge in [0.05, 0.1) is 0 Å². The Morgan fingerprint density at radius 3 is 1.62 bits per heavy atom. The van der Waals surface area contributed by atoms with Crippen molar-refractivity contribution >= 4 is 7.28 Å². The average molecular weight is 252 g/mol. The van der Waals surface area contributed by atoms with Crippen LogP contribution in [0.4, 0.5) is 0 Å². The summed E-state index contributed by atoms with van der Waals surface area (Å²) in [6.07, 6.45) is 2.96. The van der Waals surface area contributed by atoms with Gasteiger partial charge in [0.2, 0.25) is 0 Å². The van der Waals surface area contributed by atoms with E-state index in [0.717, 1.165) is 25.7 Å². The van der Waals surface area contributed by atoms with Crippen molar-refractivity contribution in [3.05, 3.63) is 0 Å². The van der Waals surface area contributed by atoms with Gasteiger partial charge in [-0.2, -0.15) is 0 Å². The van der Waals surface area contributed by atoms with Crippen molar-refractivity contribution in [2.45, 2.75) is 37.9 Å². The van der Waals surface area contributed by atoms with Crippen LogP contribution in [0.15, 0.2) is 0 Å². The summed E-state index contributed by atoms with van der Waals surface area (Å²) in [4.78, 5) is 29.9. The zero-order valence-corrected chi connectivity index (χ0v) is 10.3. The van der Waals surface area contributed by atoms with Gasteiger partial charge in [-0.15, -0.1) is 0 Å². The van der Waals surface area contributed by atoms with E-state index in [1.807, 2.05) is 0 Å². The summed E-state index contributed by atoms with van der Waals surface area (Å²) in [7, 11) is -4.55. The molecule has 2 rings (SSSR count). The van der Waals surface area contributed by atoms with Crippen molar-refractivity contribution in [3.8, 4) is 0 Å². The summed E-state index contributed by atoms with van der Waals surface area (Å²) >= 11 is 0. The van der Waals surface area contributed by atoms with Crippen LogP contribution in [-0.4, -0.2) is 52.4 Å². The summed E-state index contributed by atoms with van der Waals surface area (Å²) in [5.41, 5.74) is 0. The van der Waals surface area contributed by atoms with Crippen LogP contribution in [0.25, 0.3) is 0 Å². The first kappa shape index (κ1) is 12.7. The minimum atomic E-state index is -4.55. The van der Waals surface area contributed by atoms with E-state index in [1.165, 1.54) is 0 Å². The maximum atomic E-state index is 9.98. The summed E-state index contributed by atoms with van der Waals surface area (Å²) in [5, 5.41) is 0. The second-order valence-electron chi connectivity index (χ2n) is 4.98. The molecule has 2 aliphatic rings. The fourth-order valence-electron chi connectivity index (χ4n) is 2.49. The average Bonchev–Trinajstić information content (AvgIpc) is 2.74. The fourth-order valence-corrected chi connectivity index (χ4v) is 4.88. The van der Waals surface area contributed by atoms with Gasteiger partial charge in [0.15, 0.2) is 0 Å². The van der Waals surface area contributed by atoms with Gasteiger partial charge in [-0.05, 0) is 0 Å². The number of rotatable bonds is 4. The third-order valence-electron chi connectivity index (χ3n) is 3.20. The molecule has 2 fully saturated rings. The molecule has 16 heavy (non-hydrogen) atoms. The molecule has 0 saturated carbocycles. The molecular formula is C10H21O5P. The Bertz CT molecular complexity index is 215. The first-order valence-corrected chi connectivity index (χ1v) is 8.38. The van der Waals surface area contributed by atoms with Crippen LogP contribution in [0.5, 0.6) is 0 Å². The summed E-state index contributed by atoms with van der Waals surface area (Å²) in [5.74, 6) is 0. The van der Waals surface area contributed by atoms with Crippen molar-refractivity contribution in [3.63, 3.8) is 0 Å². The van der Waals surface area contributed by atoms with E-state index in [0.29, 0.717) is 13.2 Å².